The number of nitrogens with one attached hydrogen (secondary N) is 2. The number of rotatable bonds is 7. The van der Waals surface area contributed by atoms with Crippen LogP contribution in [0.1, 0.15) is 10.5 Å². The van der Waals surface area contributed by atoms with Crippen LogP contribution < -0.4 is 10.6 Å². The lowest BCUT2D eigenvalue weighted by Gasteiger charge is -2.05. The summed E-state index contributed by atoms with van der Waals surface area (Å²) in [6.07, 6.45) is 1.69. The summed E-state index contributed by atoms with van der Waals surface area (Å²) in [5, 5.41) is 7.79. The molecule has 0 aliphatic carbocycles. The van der Waals surface area contributed by atoms with Gasteiger partial charge in [-0.2, -0.15) is 0 Å². The summed E-state index contributed by atoms with van der Waals surface area (Å²) in [7, 11) is 0. The van der Waals surface area contributed by atoms with Crippen molar-refractivity contribution in [2.75, 3.05) is 23.8 Å². The van der Waals surface area contributed by atoms with Gasteiger partial charge in [-0.3, -0.25) is 4.79 Å². The normalized spacial score (nSPS) is 9.96. The Morgan fingerprint density at radius 2 is 2.09 bits per heavy atom. The Morgan fingerprint density at radius 3 is 2.78 bits per heavy atom. The first-order valence-corrected chi connectivity index (χ1v) is 8.57. The molecule has 0 fully saturated rings. The molecule has 2 aromatic rings. The third-order valence-corrected chi connectivity index (χ3v) is 4.09. The minimum Gasteiger partial charge on any atom is -0.451 e. The molecule has 0 bridgehead atoms. The lowest BCUT2D eigenvalue weighted by Crippen LogP contribution is -2.21. The Morgan fingerprint density at radius 1 is 1.35 bits per heavy atom. The molecule has 0 unspecified atom stereocenters. The molecule has 1 aromatic carbocycles. The van der Waals surface area contributed by atoms with Crippen LogP contribution in [0.25, 0.3) is 0 Å². The number of carbonyl (C=O) groups excluding carboxylic acids is 2. The first kappa shape index (κ1) is 17.4. The van der Waals surface area contributed by atoms with E-state index in [1.54, 1.807) is 23.6 Å². The number of benzene rings is 1. The number of hydrogen-bond donors (Lipinski definition) is 2. The highest BCUT2D eigenvalue weighted by Gasteiger charge is 2.14. The quantitative estimate of drug-likeness (QED) is 0.391. The van der Waals surface area contributed by atoms with Gasteiger partial charge in [-0.1, -0.05) is 6.08 Å². The Bertz CT molecular complexity index is 700. The molecular weight excluding hydrogens is 429 g/mol. The van der Waals surface area contributed by atoms with E-state index in [0.29, 0.717) is 17.4 Å². The van der Waals surface area contributed by atoms with Gasteiger partial charge in [0.25, 0.3) is 5.91 Å². The van der Waals surface area contributed by atoms with Crippen molar-refractivity contribution in [1.82, 2.24) is 4.98 Å². The van der Waals surface area contributed by atoms with Crippen molar-refractivity contribution >= 4 is 56.6 Å². The van der Waals surface area contributed by atoms with Crippen molar-refractivity contribution in [3.63, 3.8) is 0 Å². The van der Waals surface area contributed by atoms with Gasteiger partial charge in [0.15, 0.2) is 17.4 Å². The van der Waals surface area contributed by atoms with Crippen LogP contribution in [0, 0.1) is 3.57 Å². The largest absolute Gasteiger partial charge is 0.451 e. The van der Waals surface area contributed by atoms with Crippen molar-refractivity contribution in [3.8, 4) is 0 Å². The summed E-state index contributed by atoms with van der Waals surface area (Å²) >= 11 is 3.46. The molecule has 2 N–H and O–H groups in total. The maximum Gasteiger partial charge on any atom is 0.358 e. The number of nitrogens with zero attached hydrogens (tertiary/aromatic N) is 1. The molecule has 0 saturated heterocycles. The predicted octanol–water partition coefficient (Wildman–Crippen LogP) is 3.14. The minimum atomic E-state index is -0.634. The van der Waals surface area contributed by atoms with Crippen LogP contribution in [-0.4, -0.2) is 30.0 Å². The number of ether oxygens (including phenoxy) is 1. The van der Waals surface area contributed by atoms with Crippen LogP contribution in [-0.2, 0) is 9.53 Å². The van der Waals surface area contributed by atoms with Crippen molar-refractivity contribution in [2.24, 2.45) is 0 Å². The van der Waals surface area contributed by atoms with Crippen LogP contribution in [0.2, 0.25) is 0 Å². The molecule has 1 amide bonds. The summed E-state index contributed by atoms with van der Waals surface area (Å²) in [5.74, 6) is -1.04. The minimum absolute atomic E-state index is 0.170. The molecule has 0 aliphatic heterocycles. The lowest BCUT2D eigenvalue weighted by molar-refractivity contribution is -0.119. The summed E-state index contributed by atoms with van der Waals surface area (Å²) in [5.41, 5.74) is 0.819. The van der Waals surface area contributed by atoms with Gasteiger partial charge in [0, 0.05) is 21.2 Å². The molecule has 2 rings (SSSR count). The van der Waals surface area contributed by atoms with E-state index < -0.39 is 11.9 Å². The molecule has 6 nitrogen and oxygen atoms in total. The zero-order chi connectivity index (χ0) is 16.7. The van der Waals surface area contributed by atoms with Gasteiger partial charge in [0.05, 0.1) is 0 Å². The molecule has 0 radical (unpaired) electrons. The maximum atomic E-state index is 11.8. The summed E-state index contributed by atoms with van der Waals surface area (Å²) in [4.78, 5) is 27.6. The van der Waals surface area contributed by atoms with E-state index in [0.717, 1.165) is 3.57 Å². The Kier molecular flexibility index (Phi) is 6.53. The van der Waals surface area contributed by atoms with Gasteiger partial charge in [-0.15, -0.1) is 17.9 Å². The number of amides is 1. The highest BCUT2D eigenvalue weighted by atomic mass is 127. The number of carbonyl (C=O) groups is 2. The molecule has 0 spiro atoms. The molecule has 23 heavy (non-hydrogen) atoms. The predicted molar refractivity (Wildman–Crippen MR) is 98.9 cm³/mol. The molecule has 1 aromatic heterocycles. The van der Waals surface area contributed by atoms with Crippen molar-refractivity contribution in [1.29, 1.82) is 0 Å². The fourth-order valence-electron chi connectivity index (χ4n) is 1.54. The van der Waals surface area contributed by atoms with Crippen LogP contribution in [0.3, 0.4) is 0 Å². The van der Waals surface area contributed by atoms with Gasteiger partial charge in [0.1, 0.15) is 0 Å². The van der Waals surface area contributed by atoms with E-state index in [1.807, 2.05) is 12.1 Å². The van der Waals surface area contributed by atoms with E-state index in [9.17, 15) is 9.59 Å². The van der Waals surface area contributed by atoms with Gasteiger partial charge in [0.2, 0.25) is 0 Å². The number of hydrogen-bond acceptors (Lipinski definition) is 6. The third-order valence-electron chi connectivity index (χ3n) is 2.57. The Balaban J connectivity index is 1.81. The first-order chi connectivity index (χ1) is 11.1. The van der Waals surface area contributed by atoms with Crippen LogP contribution in [0.5, 0.6) is 0 Å². The van der Waals surface area contributed by atoms with E-state index in [4.69, 9.17) is 4.74 Å². The third kappa shape index (κ3) is 5.64. The molecule has 0 saturated carbocycles. The SMILES string of the molecule is C=CCNc1nc(C(=O)OCC(=O)Nc2ccc(I)cc2)cs1. The van der Waals surface area contributed by atoms with Gasteiger partial charge in [-0.05, 0) is 46.9 Å². The molecule has 0 atom stereocenters. The number of anilines is 2. The van der Waals surface area contributed by atoms with Crippen molar-refractivity contribution in [3.05, 3.63) is 51.6 Å². The number of halogens is 1. The molecule has 8 heteroatoms. The maximum absolute atomic E-state index is 11.8. The van der Waals surface area contributed by atoms with E-state index in [1.165, 1.54) is 11.3 Å². The van der Waals surface area contributed by atoms with Gasteiger partial charge >= 0.3 is 5.97 Å². The monoisotopic (exact) mass is 443 g/mol. The average molecular weight is 443 g/mol. The van der Waals surface area contributed by atoms with E-state index >= 15 is 0 Å². The first-order valence-electron chi connectivity index (χ1n) is 6.61. The molecular formula is C15H14IN3O3S. The Hall–Kier alpha value is -1.94. The summed E-state index contributed by atoms with van der Waals surface area (Å²) in [6.45, 7) is 3.78. The van der Waals surface area contributed by atoms with Crippen LogP contribution in [0.4, 0.5) is 10.8 Å². The zero-order valence-corrected chi connectivity index (χ0v) is 15.0. The second-order valence-corrected chi connectivity index (χ2v) is 6.44. The average Bonchev–Trinajstić information content (AvgIpc) is 3.02. The zero-order valence-electron chi connectivity index (χ0n) is 12.0. The summed E-state index contributed by atoms with van der Waals surface area (Å²) < 4.78 is 6.01. The van der Waals surface area contributed by atoms with Crippen LogP contribution >= 0.6 is 33.9 Å². The fraction of sp³-hybridized carbons (Fsp3) is 0.133. The van der Waals surface area contributed by atoms with E-state index in [2.05, 4.69) is 44.8 Å². The van der Waals surface area contributed by atoms with Crippen LogP contribution in [0.15, 0.2) is 42.3 Å². The van der Waals surface area contributed by atoms with Crippen molar-refractivity contribution < 1.29 is 14.3 Å². The van der Waals surface area contributed by atoms with Crippen molar-refractivity contribution in [2.45, 2.75) is 0 Å². The fourth-order valence-corrected chi connectivity index (χ4v) is 2.59. The lowest BCUT2D eigenvalue weighted by atomic mass is 10.3. The standard InChI is InChI=1S/C15H14IN3O3S/c1-2-7-17-15-19-12(9-23-15)14(21)22-8-13(20)18-11-5-3-10(16)4-6-11/h2-6,9H,1,7-8H2,(H,17,19)(H,18,20). The second-order valence-electron chi connectivity index (χ2n) is 4.34. The summed E-state index contributed by atoms with van der Waals surface area (Å²) in [6, 6.07) is 7.30. The Labute approximate surface area is 151 Å². The van der Waals surface area contributed by atoms with E-state index in [-0.39, 0.29) is 12.3 Å². The number of aromatic nitrogens is 1. The topological polar surface area (TPSA) is 80.3 Å². The highest BCUT2D eigenvalue weighted by Crippen LogP contribution is 2.16. The van der Waals surface area contributed by atoms with Gasteiger partial charge in [-0.25, -0.2) is 9.78 Å². The number of thiazole rings is 1. The molecule has 0 aliphatic rings. The molecule has 120 valence electrons. The second kappa shape index (κ2) is 8.63. The smallest absolute Gasteiger partial charge is 0.358 e. The van der Waals surface area contributed by atoms with Gasteiger partial charge < -0.3 is 15.4 Å². The molecule has 1 heterocycles. The highest BCUT2D eigenvalue weighted by molar-refractivity contribution is 14.1. The number of esters is 1.